The van der Waals surface area contributed by atoms with E-state index in [1.807, 2.05) is 30.3 Å². The van der Waals surface area contributed by atoms with Crippen LogP contribution in [-0.4, -0.2) is 42.3 Å². The number of nitrogens with zero attached hydrogens (tertiary/aromatic N) is 1. The molecule has 1 saturated heterocycles. The number of carbonyl (C=O) groups is 1. The fourth-order valence-corrected chi connectivity index (χ4v) is 2.72. The fraction of sp³-hybridized carbons (Fsp3) is 0.417. The molecule has 1 amide bonds. The molecule has 1 aromatic rings. The second kappa shape index (κ2) is 5.58. The predicted molar refractivity (Wildman–Crippen MR) is 68.2 cm³/mol. The quantitative estimate of drug-likeness (QED) is 0.846. The van der Waals surface area contributed by atoms with Crippen LogP contribution in [0.4, 0.5) is 4.79 Å². The van der Waals surface area contributed by atoms with E-state index < -0.39 is 21.5 Å². The summed E-state index contributed by atoms with van der Waals surface area (Å²) in [6.45, 7) is 0.400. The van der Waals surface area contributed by atoms with Crippen LogP contribution in [0.3, 0.4) is 0 Å². The number of ether oxygens (including phenoxy) is 1. The highest BCUT2D eigenvalue weighted by molar-refractivity contribution is 7.86. The summed E-state index contributed by atoms with van der Waals surface area (Å²) in [7, 11) is -4.09. The minimum Gasteiger partial charge on any atom is -0.445 e. The average Bonchev–Trinajstić information content (AvgIpc) is 2.87. The molecule has 1 aromatic carbocycles. The maximum atomic E-state index is 11.7. The summed E-state index contributed by atoms with van der Waals surface area (Å²) < 4.78 is 35.9. The molecule has 1 heterocycles. The Kier molecular flexibility index (Phi) is 4.06. The van der Waals surface area contributed by atoms with E-state index in [1.165, 1.54) is 4.90 Å². The van der Waals surface area contributed by atoms with E-state index in [1.54, 1.807) is 0 Å². The summed E-state index contributed by atoms with van der Waals surface area (Å²) in [5.41, 5.74) is 0.862. The lowest BCUT2D eigenvalue weighted by Gasteiger charge is -2.15. The van der Waals surface area contributed by atoms with Gasteiger partial charge in [-0.2, -0.15) is 8.42 Å². The first-order chi connectivity index (χ1) is 8.97. The van der Waals surface area contributed by atoms with Crippen LogP contribution in [0, 0.1) is 0 Å². The Morgan fingerprint density at radius 3 is 2.63 bits per heavy atom. The van der Waals surface area contributed by atoms with Gasteiger partial charge in [-0.3, -0.25) is 4.55 Å². The van der Waals surface area contributed by atoms with Crippen LogP contribution in [0.1, 0.15) is 12.0 Å². The molecule has 104 valence electrons. The first kappa shape index (κ1) is 13.8. The molecule has 0 aliphatic carbocycles. The first-order valence-corrected chi connectivity index (χ1v) is 7.39. The van der Waals surface area contributed by atoms with Crippen LogP contribution in [0.15, 0.2) is 30.3 Å². The molecule has 0 aromatic heterocycles. The van der Waals surface area contributed by atoms with Crippen LogP contribution < -0.4 is 0 Å². The lowest BCUT2D eigenvalue weighted by molar-refractivity contribution is 0.104. The minimum absolute atomic E-state index is 0.0214. The van der Waals surface area contributed by atoms with Gasteiger partial charge in [0.15, 0.2) is 0 Å². The van der Waals surface area contributed by atoms with Crippen molar-refractivity contribution in [2.24, 2.45) is 0 Å². The highest BCUT2D eigenvalue weighted by atomic mass is 32.2. The van der Waals surface area contributed by atoms with Gasteiger partial charge < -0.3 is 9.64 Å². The molecule has 2 rings (SSSR count). The molecule has 1 aliphatic heterocycles. The van der Waals surface area contributed by atoms with Gasteiger partial charge in [0.25, 0.3) is 10.1 Å². The van der Waals surface area contributed by atoms with Gasteiger partial charge >= 0.3 is 6.09 Å². The van der Waals surface area contributed by atoms with Crippen molar-refractivity contribution in [1.82, 2.24) is 4.90 Å². The lowest BCUT2D eigenvalue weighted by Crippen LogP contribution is -2.32. The van der Waals surface area contributed by atoms with Crippen molar-refractivity contribution in [3.8, 4) is 0 Å². The summed E-state index contributed by atoms with van der Waals surface area (Å²) in [6.07, 6.45) is -0.325. The average molecular weight is 285 g/mol. The molecule has 0 bridgehead atoms. The standard InChI is InChI=1S/C12H15NO5S/c14-12(18-9-10-4-2-1-3-5-10)13-7-6-11(8-13)19(15,16)17/h1-5,11H,6-9H2,(H,15,16,17). The molecule has 7 heteroatoms. The summed E-state index contributed by atoms with van der Waals surface area (Å²) in [4.78, 5) is 13.0. The first-order valence-electron chi connectivity index (χ1n) is 5.89. The summed E-state index contributed by atoms with van der Waals surface area (Å²) in [5.74, 6) is 0. The predicted octanol–water partition coefficient (Wildman–Crippen LogP) is 1.29. The normalized spacial score (nSPS) is 19.4. The van der Waals surface area contributed by atoms with Crippen molar-refractivity contribution in [3.05, 3.63) is 35.9 Å². The van der Waals surface area contributed by atoms with Crippen LogP contribution in [0.2, 0.25) is 0 Å². The summed E-state index contributed by atoms with van der Waals surface area (Å²) in [6, 6.07) is 9.21. The Morgan fingerprint density at radius 2 is 2.05 bits per heavy atom. The van der Waals surface area contributed by atoms with Crippen LogP contribution in [0.5, 0.6) is 0 Å². The van der Waals surface area contributed by atoms with Crippen molar-refractivity contribution in [2.75, 3.05) is 13.1 Å². The number of hydrogen-bond acceptors (Lipinski definition) is 4. The molecular formula is C12H15NO5S. The second-order valence-electron chi connectivity index (χ2n) is 4.41. The SMILES string of the molecule is O=C(OCc1ccccc1)N1CCC(S(=O)(=O)O)C1. The van der Waals surface area contributed by atoms with E-state index in [0.717, 1.165) is 5.56 Å². The van der Waals surface area contributed by atoms with E-state index >= 15 is 0 Å². The maximum absolute atomic E-state index is 11.7. The monoisotopic (exact) mass is 285 g/mol. The molecule has 1 aliphatic rings. The topological polar surface area (TPSA) is 83.9 Å². The third kappa shape index (κ3) is 3.68. The van der Waals surface area contributed by atoms with E-state index in [9.17, 15) is 13.2 Å². The third-order valence-electron chi connectivity index (χ3n) is 3.03. The lowest BCUT2D eigenvalue weighted by atomic mass is 10.2. The van der Waals surface area contributed by atoms with Gasteiger partial charge in [0.1, 0.15) is 11.9 Å². The van der Waals surface area contributed by atoms with E-state index in [-0.39, 0.29) is 26.1 Å². The van der Waals surface area contributed by atoms with Crippen molar-refractivity contribution in [3.63, 3.8) is 0 Å². The molecular weight excluding hydrogens is 270 g/mol. The Hall–Kier alpha value is -1.60. The molecule has 1 fully saturated rings. The Bertz CT molecular complexity index is 542. The van der Waals surface area contributed by atoms with E-state index in [0.29, 0.717) is 0 Å². The van der Waals surface area contributed by atoms with Gasteiger partial charge in [-0.05, 0) is 12.0 Å². The zero-order valence-electron chi connectivity index (χ0n) is 10.2. The molecule has 0 spiro atoms. The molecule has 1 unspecified atom stereocenters. The van der Waals surface area contributed by atoms with Crippen molar-refractivity contribution < 1.29 is 22.5 Å². The van der Waals surface area contributed by atoms with Crippen LogP contribution in [0.25, 0.3) is 0 Å². The number of likely N-dealkylation sites (tertiary alicyclic amines) is 1. The molecule has 1 atom stereocenters. The summed E-state index contributed by atoms with van der Waals surface area (Å²) >= 11 is 0. The van der Waals surface area contributed by atoms with Gasteiger partial charge in [0.2, 0.25) is 0 Å². The Balaban J connectivity index is 1.85. The van der Waals surface area contributed by atoms with Crippen LogP contribution in [-0.2, 0) is 21.5 Å². The molecule has 19 heavy (non-hydrogen) atoms. The zero-order chi connectivity index (χ0) is 13.9. The minimum atomic E-state index is -4.09. The molecule has 0 saturated carbocycles. The van der Waals surface area contributed by atoms with Gasteiger partial charge in [-0.15, -0.1) is 0 Å². The maximum Gasteiger partial charge on any atom is 0.410 e. The van der Waals surface area contributed by atoms with Crippen molar-refractivity contribution >= 4 is 16.2 Å². The highest BCUT2D eigenvalue weighted by Gasteiger charge is 2.34. The van der Waals surface area contributed by atoms with Crippen LogP contribution >= 0.6 is 0 Å². The van der Waals surface area contributed by atoms with Gasteiger partial charge in [-0.25, -0.2) is 4.79 Å². The number of benzene rings is 1. The Labute approximate surface area is 111 Å². The van der Waals surface area contributed by atoms with Crippen molar-refractivity contribution in [1.29, 1.82) is 0 Å². The Morgan fingerprint density at radius 1 is 1.37 bits per heavy atom. The molecule has 1 N–H and O–H groups in total. The second-order valence-corrected chi connectivity index (χ2v) is 6.11. The number of amides is 1. The van der Waals surface area contributed by atoms with Gasteiger partial charge in [-0.1, -0.05) is 30.3 Å². The van der Waals surface area contributed by atoms with Crippen molar-refractivity contribution in [2.45, 2.75) is 18.3 Å². The molecule has 6 nitrogen and oxygen atoms in total. The van der Waals surface area contributed by atoms with E-state index in [4.69, 9.17) is 9.29 Å². The smallest absolute Gasteiger partial charge is 0.410 e. The van der Waals surface area contributed by atoms with Gasteiger partial charge in [0, 0.05) is 13.1 Å². The number of hydrogen-bond donors (Lipinski definition) is 1. The molecule has 0 radical (unpaired) electrons. The summed E-state index contributed by atoms with van der Waals surface area (Å²) in [5, 5.41) is -0.906. The van der Waals surface area contributed by atoms with Gasteiger partial charge in [0.05, 0.1) is 0 Å². The fourth-order valence-electron chi connectivity index (χ4n) is 1.95. The zero-order valence-corrected chi connectivity index (χ0v) is 11.0. The third-order valence-corrected chi connectivity index (χ3v) is 4.26. The highest BCUT2D eigenvalue weighted by Crippen LogP contribution is 2.17. The number of rotatable bonds is 3. The van der Waals surface area contributed by atoms with E-state index in [2.05, 4.69) is 0 Å². The largest absolute Gasteiger partial charge is 0.445 e. The number of carbonyl (C=O) groups excluding carboxylic acids is 1.